The lowest BCUT2D eigenvalue weighted by Gasteiger charge is -2.42. The Labute approximate surface area is 223 Å². The summed E-state index contributed by atoms with van der Waals surface area (Å²) in [6.45, 7) is 4.15. The Balaban J connectivity index is 1.41. The van der Waals surface area contributed by atoms with Crippen LogP contribution in [0.15, 0.2) is 83.8 Å². The Morgan fingerprint density at radius 1 is 0.974 bits per heavy atom. The molecule has 3 aromatic carbocycles. The molecule has 5 rings (SSSR count). The Morgan fingerprint density at radius 3 is 2.42 bits per heavy atom. The first kappa shape index (κ1) is 26.8. The van der Waals surface area contributed by atoms with Crippen LogP contribution in [0, 0.1) is 5.92 Å². The number of aliphatic hydroxyl groups is 2. The second-order valence-corrected chi connectivity index (χ2v) is 11.8. The summed E-state index contributed by atoms with van der Waals surface area (Å²) < 4.78 is 41.4. The van der Waals surface area contributed by atoms with Crippen LogP contribution in [-0.4, -0.2) is 55.4 Å². The molecule has 0 saturated carbocycles. The largest absolute Gasteiger partial charge is 0.392 e. The molecule has 9 heteroatoms. The maximum atomic E-state index is 12.9. The van der Waals surface area contributed by atoms with Crippen molar-refractivity contribution in [3.8, 4) is 0 Å². The zero-order valence-corrected chi connectivity index (χ0v) is 22.1. The molecule has 0 spiro atoms. The number of ether oxygens (including phenoxy) is 2. The van der Waals surface area contributed by atoms with Crippen LogP contribution in [-0.2, 0) is 26.1 Å². The topological polar surface area (TPSA) is 108 Å². The van der Waals surface area contributed by atoms with E-state index in [-0.39, 0.29) is 35.7 Å². The number of β-amino-alcohol motifs (C(OH)–C–C–N with tert-alkyl or cyclic N) is 1. The van der Waals surface area contributed by atoms with E-state index in [1.807, 2.05) is 30.3 Å². The molecule has 2 saturated heterocycles. The molecule has 2 heterocycles. The summed E-state index contributed by atoms with van der Waals surface area (Å²) in [7, 11) is -3.74. The quantitative estimate of drug-likeness (QED) is 0.400. The van der Waals surface area contributed by atoms with Gasteiger partial charge in [-0.1, -0.05) is 61.5 Å². The maximum absolute atomic E-state index is 12.9. The number of hydrogen-bond donors (Lipinski definition) is 3. The fourth-order valence-corrected chi connectivity index (χ4v) is 6.19. The predicted octanol–water partition coefficient (Wildman–Crippen LogP) is 3.84. The normalized spacial score (nSPS) is 26.3. The maximum Gasteiger partial charge on any atom is 0.261 e. The van der Waals surface area contributed by atoms with Crippen molar-refractivity contribution in [3.05, 3.63) is 95.6 Å². The van der Waals surface area contributed by atoms with Crippen LogP contribution in [0.4, 0.5) is 5.69 Å². The molecule has 2 fully saturated rings. The van der Waals surface area contributed by atoms with Crippen LogP contribution in [0.25, 0.3) is 0 Å². The van der Waals surface area contributed by atoms with Crippen molar-refractivity contribution in [2.75, 3.05) is 24.4 Å². The van der Waals surface area contributed by atoms with Gasteiger partial charge in [0.25, 0.3) is 10.0 Å². The first-order valence-electron chi connectivity index (χ1n) is 12.9. The van der Waals surface area contributed by atoms with E-state index in [0.717, 1.165) is 24.1 Å². The summed E-state index contributed by atoms with van der Waals surface area (Å²) in [5, 5.41) is 19.5. The summed E-state index contributed by atoms with van der Waals surface area (Å²) in [4.78, 5) is 2.40. The van der Waals surface area contributed by atoms with Gasteiger partial charge >= 0.3 is 0 Å². The highest BCUT2D eigenvalue weighted by Crippen LogP contribution is 2.42. The van der Waals surface area contributed by atoms with E-state index in [9.17, 15) is 18.6 Å². The van der Waals surface area contributed by atoms with Crippen LogP contribution < -0.4 is 4.72 Å². The number of benzene rings is 3. The molecule has 8 nitrogen and oxygen atoms in total. The van der Waals surface area contributed by atoms with E-state index >= 15 is 0 Å². The molecule has 38 heavy (non-hydrogen) atoms. The molecule has 0 radical (unpaired) electrons. The number of likely N-dealkylation sites (tertiary alicyclic amines) is 1. The zero-order valence-electron chi connectivity index (χ0n) is 21.3. The lowest BCUT2D eigenvalue weighted by molar-refractivity contribution is -0.276. The summed E-state index contributed by atoms with van der Waals surface area (Å²) in [5.74, 6) is 0.0173. The minimum absolute atomic E-state index is 0.0173. The molecular formula is C29H34N2O6S. The SMILES string of the molecule is C[C@H]1[C@@H](CN2CC[C@H](O)C2)O[C@@H](c2cccc(NS(=O)(=O)c3ccccc3)c2)O[C@H]1c1ccc(CO)cc1. The molecule has 0 bridgehead atoms. The van der Waals surface area contributed by atoms with E-state index in [1.54, 1.807) is 48.5 Å². The first-order chi connectivity index (χ1) is 18.3. The van der Waals surface area contributed by atoms with Gasteiger partial charge in [-0.05, 0) is 41.8 Å². The lowest BCUT2D eigenvalue weighted by atomic mass is 9.90. The van der Waals surface area contributed by atoms with Crippen molar-refractivity contribution in [3.63, 3.8) is 0 Å². The summed E-state index contributed by atoms with van der Waals surface area (Å²) >= 11 is 0. The smallest absolute Gasteiger partial charge is 0.261 e. The van der Waals surface area contributed by atoms with Crippen LogP contribution in [0.3, 0.4) is 0 Å². The van der Waals surface area contributed by atoms with Gasteiger partial charge in [-0.15, -0.1) is 0 Å². The second-order valence-electron chi connectivity index (χ2n) is 10.1. The Morgan fingerprint density at radius 2 is 1.74 bits per heavy atom. The number of nitrogens with one attached hydrogen (secondary N) is 1. The minimum atomic E-state index is -3.74. The highest BCUT2D eigenvalue weighted by atomic mass is 32.2. The van der Waals surface area contributed by atoms with Gasteiger partial charge in [0.15, 0.2) is 6.29 Å². The monoisotopic (exact) mass is 538 g/mol. The summed E-state index contributed by atoms with van der Waals surface area (Å²) in [6, 6.07) is 23.0. The zero-order chi connectivity index (χ0) is 26.7. The van der Waals surface area contributed by atoms with Gasteiger partial charge in [-0.3, -0.25) is 9.62 Å². The molecule has 0 amide bonds. The van der Waals surface area contributed by atoms with Gasteiger partial charge in [-0.2, -0.15) is 0 Å². The van der Waals surface area contributed by atoms with Crippen molar-refractivity contribution in [1.82, 2.24) is 4.90 Å². The van der Waals surface area contributed by atoms with E-state index < -0.39 is 16.3 Å². The number of sulfonamides is 1. The van der Waals surface area contributed by atoms with Crippen LogP contribution in [0.2, 0.25) is 0 Å². The lowest BCUT2D eigenvalue weighted by Crippen LogP contribution is -2.44. The molecule has 0 aromatic heterocycles. The number of rotatable bonds is 8. The third-order valence-electron chi connectivity index (χ3n) is 7.27. The van der Waals surface area contributed by atoms with E-state index in [1.165, 1.54) is 0 Å². The molecule has 2 aliphatic heterocycles. The van der Waals surface area contributed by atoms with Crippen molar-refractivity contribution in [2.24, 2.45) is 5.92 Å². The molecule has 3 aromatic rings. The molecule has 0 unspecified atom stereocenters. The van der Waals surface area contributed by atoms with Gasteiger partial charge in [0.1, 0.15) is 0 Å². The molecule has 5 atom stereocenters. The third-order valence-corrected chi connectivity index (χ3v) is 8.67. The summed E-state index contributed by atoms with van der Waals surface area (Å²) in [6.07, 6.45) is -0.740. The fourth-order valence-electron chi connectivity index (χ4n) is 5.12. The summed E-state index contributed by atoms with van der Waals surface area (Å²) in [5.41, 5.74) is 2.93. The number of aliphatic hydroxyl groups excluding tert-OH is 2. The first-order valence-corrected chi connectivity index (χ1v) is 14.4. The Kier molecular flexibility index (Phi) is 8.13. The van der Waals surface area contributed by atoms with Gasteiger partial charge in [-0.25, -0.2) is 8.42 Å². The predicted molar refractivity (Wildman–Crippen MR) is 144 cm³/mol. The molecule has 3 N–H and O–H groups in total. The molecule has 2 aliphatic rings. The fraction of sp³-hybridized carbons (Fsp3) is 0.379. The van der Waals surface area contributed by atoms with Crippen LogP contribution in [0.5, 0.6) is 0 Å². The van der Waals surface area contributed by atoms with Gasteiger partial charge in [0.05, 0.1) is 29.8 Å². The molecule has 0 aliphatic carbocycles. The van der Waals surface area contributed by atoms with Crippen molar-refractivity contribution >= 4 is 15.7 Å². The average Bonchev–Trinajstić information content (AvgIpc) is 3.34. The van der Waals surface area contributed by atoms with Gasteiger partial charge < -0.3 is 19.7 Å². The third kappa shape index (κ3) is 6.09. The molecular weight excluding hydrogens is 504 g/mol. The average molecular weight is 539 g/mol. The number of anilines is 1. The van der Waals surface area contributed by atoms with Crippen molar-refractivity contribution in [2.45, 2.75) is 49.4 Å². The van der Waals surface area contributed by atoms with E-state index in [2.05, 4.69) is 16.5 Å². The Hall–Kier alpha value is -2.79. The van der Waals surface area contributed by atoms with E-state index in [0.29, 0.717) is 24.3 Å². The number of nitrogens with zero attached hydrogens (tertiary/aromatic N) is 1. The molecule has 202 valence electrons. The minimum Gasteiger partial charge on any atom is -0.392 e. The van der Waals surface area contributed by atoms with Crippen LogP contribution >= 0.6 is 0 Å². The van der Waals surface area contributed by atoms with E-state index in [4.69, 9.17) is 9.47 Å². The van der Waals surface area contributed by atoms with Crippen molar-refractivity contribution in [1.29, 1.82) is 0 Å². The van der Waals surface area contributed by atoms with Crippen molar-refractivity contribution < 1.29 is 28.1 Å². The van der Waals surface area contributed by atoms with Gasteiger partial charge in [0.2, 0.25) is 0 Å². The number of hydrogen-bond acceptors (Lipinski definition) is 7. The Bertz CT molecular complexity index is 1320. The van der Waals surface area contributed by atoms with Gasteiger partial charge in [0, 0.05) is 36.8 Å². The standard InChI is InChI=1S/C29H34N2O6S/c1-20-27(18-31-15-14-25(33)17-31)36-29(37-28(20)22-12-10-21(19-32)11-13-22)23-6-5-7-24(16-23)30-38(34,35)26-8-3-2-4-9-26/h2-13,16,20,25,27-30,32-33H,14-15,17-19H2,1H3/t20-,25-,27+,28+,29+/m0/s1. The van der Waals surface area contributed by atoms with Crippen LogP contribution in [0.1, 0.15) is 42.4 Å². The highest BCUT2D eigenvalue weighted by molar-refractivity contribution is 7.92. The highest BCUT2D eigenvalue weighted by Gasteiger charge is 2.40. The second kappa shape index (κ2) is 11.5.